The molecule has 2 aromatic heterocycles. The van der Waals surface area contributed by atoms with Gasteiger partial charge in [0, 0.05) is 18.5 Å². The molecule has 94 valence electrons. The highest BCUT2D eigenvalue weighted by Crippen LogP contribution is 2.32. The fraction of sp³-hybridized carbons (Fsp3) is 0.143. The Morgan fingerprint density at radius 3 is 2.89 bits per heavy atom. The normalized spacial score (nSPS) is 10.6. The molecule has 19 heavy (non-hydrogen) atoms. The van der Waals surface area contributed by atoms with Crippen LogP contribution in [0.5, 0.6) is 5.75 Å². The molecule has 0 aliphatic rings. The van der Waals surface area contributed by atoms with Gasteiger partial charge in [0.2, 0.25) is 0 Å². The minimum absolute atomic E-state index is 0.626. The molecule has 0 bridgehead atoms. The zero-order valence-electron chi connectivity index (χ0n) is 10.5. The number of methoxy groups -OCH3 is 1. The van der Waals surface area contributed by atoms with Crippen molar-refractivity contribution in [1.82, 2.24) is 9.55 Å². The predicted molar refractivity (Wildman–Crippen MR) is 75.3 cm³/mol. The molecule has 0 unspecified atom stereocenters. The summed E-state index contributed by atoms with van der Waals surface area (Å²) < 4.78 is 7.23. The predicted octanol–water partition coefficient (Wildman–Crippen LogP) is 3.18. The number of benzene rings is 1. The van der Waals surface area contributed by atoms with Crippen LogP contribution in [0, 0.1) is 11.3 Å². The number of ether oxygens (including phenoxy) is 1. The molecule has 1 aromatic carbocycles. The lowest BCUT2D eigenvalue weighted by Gasteiger charge is -1.98. The fourth-order valence-electron chi connectivity index (χ4n) is 2.03. The van der Waals surface area contributed by atoms with Crippen LogP contribution in [0.15, 0.2) is 29.6 Å². The van der Waals surface area contributed by atoms with Crippen LogP contribution in [0.25, 0.3) is 21.7 Å². The molecule has 0 aliphatic carbocycles. The molecule has 3 rings (SSSR count). The summed E-state index contributed by atoms with van der Waals surface area (Å²) in [5.74, 6) is 1.73. The van der Waals surface area contributed by atoms with E-state index in [1.54, 1.807) is 18.4 Å². The van der Waals surface area contributed by atoms with Crippen molar-refractivity contribution in [2.24, 2.45) is 7.05 Å². The van der Waals surface area contributed by atoms with E-state index in [0.717, 1.165) is 27.5 Å². The molecule has 0 N–H and O–H groups in total. The number of aryl methyl sites for hydroxylation is 1. The van der Waals surface area contributed by atoms with Crippen LogP contribution in [-0.2, 0) is 7.05 Å². The van der Waals surface area contributed by atoms with Gasteiger partial charge in [-0.2, -0.15) is 5.26 Å². The molecule has 0 amide bonds. The lowest BCUT2D eigenvalue weighted by Crippen LogP contribution is -1.90. The average molecular weight is 269 g/mol. The summed E-state index contributed by atoms with van der Waals surface area (Å²) in [6.45, 7) is 0. The molecular weight excluding hydrogens is 258 g/mol. The van der Waals surface area contributed by atoms with Crippen molar-refractivity contribution in [3.05, 3.63) is 35.2 Å². The topological polar surface area (TPSA) is 50.8 Å². The summed E-state index contributed by atoms with van der Waals surface area (Å²) in [6.07, 6.45) is 0. The third-order valence-corrected chi connectivity index (χ3v) is 3.95. The monoisotopic (exact) mass is 269 g/mol. The van der Waals surface area contributed by atoms with Crippen molar-refractivity contribution >= 4 is 22.4 Å². The summed E-state index contributed by atoms with van der Waals surface area (Å²) in [6, 6.07) is 9.65. The molecule has 0 atom stereocenters. The number of imidazole rings is 1. The molecule has 2 heterocycles. The Morgan fingerprint density at radius 1 is 1.37 bits per heavy atom. The van der Waals surface area contributed by atoms with Gasteiger partial charge in [0.25, 0.3) is 0 Å². The van der Waals surface area contributed by atoms with E-state index < -0.39 is 0 Å². The fourth-order valence-corrected chi connectivity index (χ4v) is 2.91. The van der Waals surface area contributed by atoms with E-state index >= 15 is 0 Å². The van der Waals surface area contributed by atoms with Gasteiger partial charge in [0.15, 0.2) is 5.82 Å². The minimum atomic E-state index is 0.626. The van der Waals surface area contributed by atoms with Gasteiger partial charge in [-0.25, -0.2) is 4.98 Å². The van der Waals surface area contributed by atoms with Crippen LogP contribution in [0.4, 0.5) is 0 Å². The lowest BCUT2D eigenvalue weighted by atomic mass is 10.2. The van der Waals surface area contributed by atoms with Crippen molar-refractivity contribution in [3.63, 3.8) is 0 Å². The van der Waals surface area contributed by atoms with E-state index in [2.05, 4.69) is 11.1 Å². The summed E-state index contributed by atoms with van der Waals surface area (Å²) in [5, 5.41) is 10.9. The first-order chi connectivity index (χ1) is 9.22. The second-order valence-electron chi connectivity index (χ2n) is 4.16. The summed E-state index contributed by atoms with van der Waals surface area (Å²) in [7, 11) is 3.63. The average Bonchev–Trinajstić information content (AvgIpc) is 3.03. The highest BCUT2D eigenvalue weighted by molar-refractivity contribution is 7.13. The number of fused-ring (bicyclic) bond motifs is 1. The smallest absolute Gasteiger partial charge is 0.151 e. The molecule has 3 aromatic rings. The number of nitriles is 1. The van der Waals surface area contributed by atoms with Crippen molar-refractivity contribution in [1.29, 1.82) is 5.26 Å². The van der Waals surface area contributed by atoms with E-state index in [0.29, 0.717) is 5.56 Å². The molecule has 0 spiro atoms. The first-order valence-electron chi connectivity index (χ1n) is 5.72. The number of nitrogens with zero attached hydrogens (tertiary/aromatic N) is 3. The van der Waals surface area contributed by atoms with E-state index in [9.17, 15) is 0 Å². The molecular formula is C14H11N3OS. The quantitative estimate of drug-likeness (QED) is 0.718. The van der Waals surface area contributed by atoms with Crippen molar-refractivity contribution < 1.29 is 4.74 Å². The third kappa shape index (κ3) is 1.86. The Kier molecular flexibility index (Phi) is 2.73. The van der Waals surface area contributed by atoms with Gasteiger partial charge in [-0.1, -0.05) is 0 Å². The molecule has 0 radical (unpaired) electrons. The van der Waals surface area contributed by atoms with Crippen LogP contribution in [0.2, 0.25) is 0 Å². The Hall–Kier alpha value is -2.32. The molecule has 0 fully saturated rings. The Balaban J connectivity index is 2.19. The second kappa shape index (κ2) is 4.41. The van der Waals surface area contributed by atoms with Gasteiger partial charge in [-0.05, 0) is 18.2 Å². The van der Waals surface area contributed by atoms with Gasteiger partial charge in [0.05, 0.1) is 34.7 Å². The highest BCUT2D eigenvalue weighted by atomic mass is 32.1. The Bertz CT molecular complexity index is 795. The second-order valence-corrected chi connectivity index (χ2v) is 5.07. The Labute approximate surface area is 114 Å². The number of hydrogen-bond acceptors (Lipinski definition) is 4. The Morgan fingerprint density at radius 2 is 2.21 bits per heavy atom. The summed E-state index contributed by atoms with van der Waals surface area (Å²) in [4.78, 5) is 5.66. The van der Waals surface area contributed by atoms with Crippen molar-refractivity contribution in [2.45, 2.75) is 0 Å². The van der Waals surface area contributed by atoms with Crippen LogP contribution < -0.4 is 4.74 Å². The number of hydrogen-bond donors (Lipinski definition) is 0. The van der Waals surface area contributed by atoms with E-state index in [-0.39, 0.29) is 0 Å². The van der Waals surface area contributed by atoms with Gasteiger partial charge in [-0.15, -0.1) is 11.3 Å². The first-order valence-corrected chi connectivity index (χ1v) is 6.60. The zero-order valence-corrected chi connectivity index (χ0v) is 11.4. The standard InChI is InChI=1S/C14H11N3OS/c1-17-12-4-3-9(7-15)5-11(12)16-14(17)13-6-10(18-2)8-19-13/h3-6,8H,1-2H3. The maximum Gasteiger partial charge on any atom is 0.151 e. The summed E-state index contributed by atoms with van der Waals surface area (Å²) >= 11 is 1.59. The first kappa shape index (κ1) is 11.8. The van der Waals surface area contributed by atoms with Gasteiger partial charge in [0.1, 0.15) is 5.75 Å². The molecule has 0 aliphatic heterocycles. The van der Waals surface area contributed by atoms with Gasteiger partial charge >= 0.3 is 0 Å². The van der Waals surface area contributed by atoms with Crippen LogP contribution in [-0.4, -0.2) is 16.7 Å². The van der Waals surface area contributed by atoms with E-state index in [1.165, 1.54) is 0 Å². The largest absolute Gasteiger partial charge is 0.496 e. The molecule has 0 saturated carbocycles. The molecule has 4 nitrogen and oxygen atoms in total. The SMILES string of the molecule is COc1csc(-c2nc3cc(C#N)ccc3n2C)c1. The third-order valence-electron chi connectivity index (χ3n) is 3.04. The van der Waals surface area contributed by atoms with Crippen LogP contribution >= 0.6 is 11.3 Å². The number of aromatic nitrogens is 2. The number of thiophene rings is 1. The van der Waals surface area contributed by atoms with E-state index in [1.807, 2.05) is 41.3 Å². The van der Waals surface area contributed by atoms with Gasteiger partial charge < -0.3 is 9.30 Å². The number of rotatable bonds is 2. The van der Waals surface area contributed by atoms with Crippen molar-refractivity contribution in [2.75, 3.05) is 7.11 Å². The lowest BCUT2D eigenvalue weighted by molar-refractivity contribution is 0.417. The molecule has 5 heteroatoms. The van der Waals surface area contributed by atoms with Gasteiger partial charge in [-0.3, -0.25) is 0 Å². The molecule has 0 saturated heterocycles. The maximum atomic E-state index is 8.93. The summed E-state index contributed by atoms with van der Waals surface area (Å²) in [5.41, 5.74) is 2.48. The van der Waals surface area contributed by atoms with Crippen LogP contribution in [0.1, 0.15) is 5.56 Å². The highest BCUT2D eigenvalue weighted by Gasteiger charge is 2.12. The van der Waals surface area contributed by atoms with Crippen LogP contribution in [0.3, 0.4) is 0 Å². The maximum absolute atomic E-state index is 8.93. The van der Waals surface area contributed by atoms with E-state index in [4.69, 9.17) is 10.00 Å². The zero-order chi connectivity index (χ0) is 13.4. The van der Waals surface area contributed by atoms with Crippen molar-refractivity contribution in [3.8, 4) is 22.5 Å². The minimum Gasteiger partial charge on any atom is -0.496 e.